The van der Waals surface area contributed by atoms with Crippen LogP contribution in [0, 0.1) is 12.7 Å². The Morgan fingerprint density at radius 2 is 2.17 bits per heavy atom. The number of aryl methyl sites for hydroxylation is 1. The van der Waals surface area contributed by atoms with Gasteiger partial charge in [-0.05, 0) is 31.5 Å². The van der Waals surface area contributed by atoms with Gasteiger partial charge < -0.3 is 15.4 Å². The molecule has 1 aromatic carbocycles. The highest BCUT2D eigenvalue weighted by molar-refractivity contribution is 7.09. The highest BCUT2D eigenvalue weighted by Crippen LogP contribution is 2.23. The number of hydrogen-bond acceptors (Lipinski definition) is 5. The number of hydrogen-bond donors (Lipinski definition) is 2. The number of aromatic nitrogens is 1. The second kappa shape index (κ2) is 11.2. The Morgan fingerprint density at radius 3 is 2.86 bits per heavy atom. The topological polar surface area (TPSA) is 61.8 Å². The average Bonchev–Trinajstić information content (AvgIpc) is 3.14. The fourth-order valence-electron chi connectivity index (χ4n) is 3.39. The number of benzene rings is 1. The lowest BCUT2D eigenvalue weighted by Gasteiger charge is -2.34. The van der Waals surface area contributed by atoms with Crippen molar-refractivity contribution in [2.24, 2.45) is 4.99 Å². The summed E-state index contributed by atoms with van der Waals surface area (Å²) in [4.78, 5) is 11.6. The van der Waals surface area contributed by atoms with Crippen LogP contribution in [0.4, 0.5) is 4.39 Å². The summed E-state index contributed by atoms with van der Waals surface area (Å²) in [6.07, 6.45) is 0.853. The van der Waals surface area contributed by atoms with Gasteiger partial charge in [-0.15, -0.1) is 11.3 Å². The van der Waals surface area contributed by atoms with Gasteiger partial charge in [0.25, 0.3) is 0 Å². The summed E-state index contributed by atoms with van der Waals surface area (Å²) >= 11 is 1.67. The molecule has 1 atom stereocenters. The summed E-state index contributed by atoms with van der Waals surface area (Å²) in [6, 6.07) is 6.85. The van der Waals surface area contributed by atoms with Crippen molar-refractivity contribution in [1.82, 2.24) is 20.5 Å². The van der Waals surface area contributed by atoms with Crippen LogP contribution in [0.25, 0.3) is 0 Å². The maximum atomic E-state index is 13.8. The highest BCUT2D eigenvalue weighted by Gasteiger charge is 2.23. The molecule has 0 bridgehead atoms. The molecule has 6 nitrogen and oxygen atoms in total. The predicted molar refractivity (Wildman–Crippen MR) is 116 cm³/mol. The third kappa shape index (κ3) is 6.76. The number of thiazole rings is 1. The molecule has 1 aromatic heterocycles. The number of guanidine groups is 1. The highest BCUT2D eigenvalue weighted by atomic mass is 32.1. The van der Waals surface area contributed by atoms with Crippen LogP contribution in [-0.2, 0) is 11.2 Å². The Labute approximate surface area is 176 Å². The summed E-state index contributed by atoms with van der Waals surface area (Å²) in [5.41, 5.74) is 2.05. The van der Waals surface area contributed by atoms with Crippen molar-refractivity contribution >= 4 is 17.3 Å². The standard InChI is InChI=1S/C21H30FN5OS/c1-3-23-21(24-8-7-19-15-29-16(2)26-19)25-14-20(27-9-11-28-12-10-27)17-5-4-6-18(22)13-17/h4-6,13,15,20H,3,7-12,14H2,1-2H3,(H2,23,24,25). The molecular weight excluding hydrogens is 389 g/mol. The Hall–Kier alpha value is -2.03. The smallest absolute Gasteiger partial charge is 0.191 e. The van der Waals surface area contributed by atoms with Gasteiger partial charge in [-0.25, -0.2) is 9.37 Å². The van der Waals surface area contributed by atoms with Gasteiger partial charge >= 0.3 is 0 Å². The average molecular weight is 420 g/mol. The lowest BCUT2D eigenvalue weighted by molar-refractivity contribution is 0.0179. The van der Waals surface area contributed by atoms with E-state index in [9.17, 15) is 4.39 Å². The Balaban J connectivity index is 1.66. The molecule has 1 fully saturated rings. The van der Waals surface area contributed by atoms with E-state index >= 15 is 0 Å². The van der Waals surface area contributed by atoms with E-state index in [-0.39, 0.29) is 11.9 Å². The van der Waals surface area contributed by atoms with Gasteiger partial charge in [0.2, 0.25) is 0 Å². The molecule has 0 radical (unpaired) electrons. The molecule has 0 spiro atoms. The first-order valence-electron chi connectivity index (χ1n) is 10.2. The van der Waals surface area contributed by atoms with E-state index in [1.165, 1.54) is 6.07 Å². The van der Waals surface area contributed by atoms with E-state index in [1.807, 2.05) is 19.9 Å². The molecule has 1 aliphatic heterocycles. The minimum atomic E-state index is -0.215. The Kier molecular flexibility index (Phi) is 8.39. The van der Waals surface area contributed by atoms with Crippen molar-refractivity contribution in [3.8, 4) is 0 Å². The summed E-state index contributed by atoms with van der Waals surface area (Å²) in [5, 5.41) is 9.87. The number of halogens is 1. The van der Waals surface area contributed by atoms with Gasteiger partial charge in [0.05, 0.1) is 36.5 Å². The Bertz CT molecular complexity index is 791. The van der Waals surface area contributed by atoms with Gasteiger partial charge in [0, 0.05) is 38.0 Å². The number of rotatable bonds is 8. The number of nitrogens with one attached hydrogen (secondary N) is 2. The van der Waals surface area contributed by atoms with Gasteiger partial charge in [0.1, 0.15) is 5.82 Å². The molecule has 2 N–H and O–H groups in total. The summed E-state index contributed by atoms with van der Waals surface area (Å²) in [5.74, 6) is 0.558. The zero-order valence-electron chi connectivity index (χ0n) is 17.2. The van der Waals surface area contributed by atoms with Crippen LogP contribution in [0.1, 0.15) is 29.2 Å². The minimum Gasteiger partial charge on any atom is -0.379 e. The lowest BCUT2D eigenvalue weighted by Crippen LogP contribution is -2.42. The minimum absolute atomic E-state index is 0.0197. The van der Waals surface area contributed by atoms with Crippen LogP contribution >= 0.6 is 11.3 Å². The van der Waals surface area contributed by atoms with Crippen molar-refractivity contribution in [2.45, 2.75) is 26.3 Å². The molecule has 2 aromatic rings. The third-order valence-electron chi connectivity index (χ3n) is 4.83. The van der Waals surface area contributed by atoms with Crippen molar-refractivity contribution in [3.05, 3.63) is 51.7 Å². The molecule has 158 valence electrons. The largest absolute Gasteiger partial charge is 0.379 e. The van der Waals surface area contributed by atoms with Crippen molar-refractivity contribution in [1.29, 1.82) is 0 Å². The van der Waals surface area contributed by atoms with Crippen LogP contribution in [0.5, 0.6) is 0 Å². The van der Waals surface area contributed by atoms with Crippen molar-refractivity contribution < 1.29 is 9.13 Å². The molecule has 0 amide bonds. The summed E-state index contributed by atoms with van der Waals surface area (Å²) in [6.45, 7) is 9.20. The van der Waals surface area contributed by atoms with E-state index in [1.54, 1.807) is 23.5 Å². The molecule has 1 saturated heterocycles. The lowest BCUT2D eigenvalue weighted by atomic mass is 10.0. The van der Waals surface area contributed by atoms with Gasteiger partial charge in [-0.1, -0.05) is 12.1 Å². The van der Waals surface area contributed by atoms with Crippen LogP contribution in [0.2, 0.25) is 0 Å². The second-order valence-corrected chi connectivity index (χ2v) is 8.04. The van der Waals surface area contributed by atoms with Gasteiger partial charge in [-0.2, -0.15) is 0 Å². The summed E-state index contributed by atoms with van der Waals surface area (Å²) < 4.78 is 19.3. The van der Waals surface area contributed by atoms with E-state index in [0.717, 1.165) is 54.8 Å². The van der Waals surface area contributed by atoms with Crippen molar-refractivity contribution in [2.75, 3.05) is 45.9 Å². The second-order valence-electron chi connectivity index (χ2n) is 6.97. The van der Waals surface area contributed by atoms with Crippen LogP contribution in [0.15, 0.2) is 34.6 Å². The van der Waals surface area contributed by atoms with E-state index < -0.39 is 0 Å². The number of morpholine rings is 1. The van der Waals surface area contributed by atoms with Crippen molar-refractivity contribution in [3.63, 3.8) is 0 Å². The monoisotopic (exact) mass is 419 g/mol. The van der Waals surface area contributed by atoms with Crippen LogP contribution in [-0.4, -0.2) is 61.8 Å². The zero-order chi connectivity index (χ0) is 20.5. The van der Waals surface area contributed by atoms with Crippen LogP contribution in [0.3, 0.4) is 0 Å². The molecule has 1 aliphatic rings. The van der Waals surface area contributed by atoms with Crippen LogP contribution < -0.4 is 10.6 Å². The number of nitrogens with zero attached hydrogens (tertiary/aromatic N) is 3. The fraction of sp³-hybridized carbons (Fsp3) is 0.524. The third-order valence-corrected chi connectivity index (χ3v) is 5.65. The molecule has 29 heavy (non-hydrogen) atoms. The SMILES string of the molecule is CCNC(=NCC(c1cccc(F)c1)N1CCOCC1)NCCc1csc(C)n1. The maximum Gasteiger partial charge on any atom is 0.191 e. The molecule has 0 saturated carbocycles. The molecule has 2 heterocycles. The Morgan fingerprint density at radius 1 is 1.34 bits per heavy atom. The maximum absolute atomic E-state index is 13.8. The summed E-state index contributed by atoms with van der Waals surface area (Å²) in [7, 11) is 0. The van der Waals surface area contributed by atoms with E-state index in [2.05, 4.69) is 25.9 Å². The normalized spacial score (nSPS) is 16.6. The van der Waals surface area contributed by atoms with E-state index in [4.69, 9.17) is 9.73 Å². The molecule has 1 unspecified atom stereocenters. The molecule has 0 aliphatic carbocycles. The zero-order valence-corrected chi connectivity index (χ0v) is 18.0. The first kappa shape index (κ1) is 21.7. The quantitative estimate of drug-likeness (QED) is 0.509. The number of ether oxygens (including phenoxy) is 1. The predicted octanol–water partition coefficient (Wildman–Crippen LogP) is 2.76. The molecular formula is C21H30FN5OS. The van der Waals surface area contributed by atoms with E-state index in [0.29, 0.717) is 19.8 Å². The fourth-order valence-corrected chi connectivity index (χ4v) is 4.03. The molecule has 3 rings (SSSR count). The van der Waals surface area contributed by atoms with Gasteiger partial charge in [-0.3, -0.25) is 9.89 Å². The number of aliphatic imine (C=N–C) groups is 1. The first-order valence-corrected chi connectivity index (χ1v) is 11.0. The van der Waals surface area contributed by atoms with Gasteiger partial charge in [0.15, 0.2) is 5.96 Å². The molecule has 8 heteroatoms. The first-order chi connectivity index (χ1) is 14.2.